The van der Waals surface area contributed by atoms with Crippen molar-refractivity contribution < 1.29 is 13.2 Å². The van der Waals surface area contributed by atoms with E-state index in [1.807, 2.05) is 38.1 Å². The van der Waals surface area contributed by atoms with E-state index in [0.717, 1.165) is 24.2 Å². The molecular weight excluding hydrogens is 288 g/mol. The van der Waals surface area contributed by atoms with Gasteiger partial charge in [-0.15, -0.1) is 0 Å². The molecule has 0 radical (unpaired) electrons. The van der Waals surface area contributed by atoms with Gasteiger partial charge < -0.3 is 10.1 Å². The average molecular weight is 314 g/mol. The second kappa shape index (κ2) is 9.15. The molecule has 1 aromatic rings. The first-order chi connectivity index (χ1) is 9.93. The smallest absolute Gasteiger partial charge is 0.215 e. The number of rotatable bonds is 10. The molecule has 0 aliphatic carbocycles. The lowest BCUT2D eigenvalue weighted by Crippen LogP contribution is -2.29. The fourth-order valence-corrected chi connectivity index (χ4v) is 2.91. The molecule has 0 aromatic heterocycles. The zero-order chi connectivity index (χ0) is 15.7. The Morgan fingerprint density at radius 3 is 2.33 bits per heavy atom. The first-order valence-electron chi connectivity index (χ1n) is 7.30. The number of hydrogen-bond acceptors (Lipinski definition) is 4. The van der Waals surface area contributed by atoms with Crippen molar-refractivity contribution in [2.24, 2.45) is 0 Å². The highest BCUT2D eigenvalue weighted by Crippen LogP contribution is 2.07. The first kappa shape index (κ1) is 18.1. The van der Waals surface area contributed by atoms with Gasteiger partial charge in [0, 0.05) is 13.1 Å². The summed E-state index contributed by atoms with van der Waals surface area (Å²) in [7, 11) is -3.31. The van der Waals surface area contributed by atoms with Crippen molar-refractivity contribution >= 4 is 10.0 Å². The van der Waals surface area contributed by atoms with Crippen molar-refractivity contribution in [3.8, 4) is 0 Å². The summed E-state index contributed by atoms with van der Waals surface area (Å²) in [6.07, 6.45) is 0.110. The minimum atomic E-state index is -3.31. The van der Waals surface area contributed by atoms with Crippen LogP contribution in [0.3, 0.4) is 0 Å². The van der Waals surface area contributed by atoms with Crippen LogP contribution in [0.15, 0.2) is 24.3 Å². The van der Waals surface area contributed by atoms with Crippen LogP contribution in [0.1, 0.15) is 31.9 Å². The summed E-state index contributed by atoms with van der Waals surface area (Å²) >= 11 is 0. The molecule has 0 fully saturated rings. The molecule has 1 aromatic carbocycles. The van der Waals surface area contributed by atoms with Crippen LogP contribution in [0.5, 0.6) is 0 Å². The second-order valence-corrected chi connectivity index (χ2v) is 6.98. The maximum absolute atomic E-state index is 11.9. The molecule has 0 bridgehead atoms. The molecule has 0 unspecified atom stereocenters. The molecule has 1 rings (SSSR count). The molecule has 0 spiro atoms. The van der Waals surface area contributed by atoms with Crippen molar-refractivity contribution in [3.05, 3.63) is 35.4 Å². The second-order valence-electron chi connectivity index (χ2n) is 5.17. The third-order valence-electron chi connectivity index (χ3n) is 2.83. The SMILES string of the molecule is CCNCc1ccc(CS(=O)(=O)NCCOC(C)C)cc1. The van der Waals surface area contributed by atoms with E-state index in [-0.39, 0.29) is 11.9 Å². The molecular formula is C15H26N2O3S. The Hall–Kier alpha value is -0.950. The summed E-state index contributed by atoms with van der Waals surface area (Å²) < 4.78 is 31.7. The van der Waals surface area contributed by atoms with Gasteiger partial charge in [-0.3, -0.25) is 0 Å². The minimum absolute atomic E-state index is 0.00380. The number of hydrogen-bond donors (Lipinski definition) is 2. The molecule has 0 atom stereocenters. The summed E-state index contributed by atoms with van der Waals surface area (Å²) in [5, 5.41) is 3.23. The van der Waals surface area contributed by atoms with Gasteiger partial charge in [0.05, 0.1) is 18.5 Å². The van der Waals surface area contributed by atoms with Crippen molar-refractivity contribution in [1.29, 1.82) is 0 Å². The Morgan fingerprint density at radius 1 is 1.14 bits per heavy atom. The molecule has 0 aliphatic rings. The topological polar surface area (TPSA) is 67.4 Å². The van der Waals surface area contributed by atoms with E-state index in [2.05, 4.69) is 17.0 Å². The van der Waals surface area contributed by atoms with Gasteiger partial charge in [-0.25, -0.2) is 13.1 Å². The molecule has 120 valence electrons. The largest absolute Gasteiger partial charge is 0.377 e. The Morgan fingerprint density at radius 2 is 1.76 bits per heavy atom. The Bertz CT molecular complexity index is 498. The van der Waals surface area contributed by atoms with Crippen molar-refractivity contribution in [1.82, 2.24) is 10.0 Å². The van der Waals surface area contributed by atoms with E-state index in [9.17, 15) is 8.42 Å². The molecule has 0 saturated carbocycles. The third-order valence-corrected chi connectivity index (χ3v) is 4.19. The third kappa shape index (κ3) is 8.16. The van der Waals surface area contributed by atoms with E-state index in [0.29, 0.717) is 13.2 Å². The van der Waals surface area contributed by atoms with Crippen LogP contribution in [-0.2, 0) is 27.1 Å². The van der Waals surface area contributed by atoms with Gasteiger partial charge in [-0.05, 0) is 31.5 Å². The normalized spacial score (nSPS) is 12.0. The van der Waals surface area contributed by atoms with Crippen molar-refractivity contribution in [2.45, 2.75) is 39.2 Å². The monoisotopic (exact) mass is 314 g/mol. The average Bonchev–Trinajstić information content (AvgIpc) is 2.42. The fourth-order valence-electron chi connectivity index (χ4n) is 1.78. The molecule has 0 aliphatic heterocycles. The molecule has 0 saturated heterocycles. The lowest BCUT2D eigenvalue weighted by atomic mass is 10.1. The fraction of sp³-hybridized carbons (Fsp3) is 0.600. The van der Waals surface area contributed by atoms with E-state index in [1.165, 1.54) is 0 Å². The molecule has 6 heteroatoms. The molecule has 5 nitrogen and oxygen atoms in total. The highest BCUT2D eigenvalue weighted by molar-refractivity contribution is 7.88. The molecule has 0 heterocycles. The van der Waals surface area contributed by atoms with Crippen molar-refractivity contribution in [3.63, 3.8) is 0 Å². The van der Waals surface area contributed by atoms with Crippen LogP contribution in [0.2, 0.25) is 0 Å². The molecule has 0 amide bonds. The van der Waals surface area contributed by atoms with Gasteiger partial charge in [0.2, 0.25) is 10.0 Å². The van der Waals surface area contributed by atoms with Crippen molar-refractivity contribution in [2.75, 3.05) is 19.7 Å². The van der Waals surface area contributed by atoms with Gasteiger partial charge in [0.25, 0.3) is 0 Å². The lowest BCUT2D eigenvalue weighted by Gasteiger charge is -2.10. The van der Waals surface area contributed by atoms with Gasteiger partial charge in [-0.1, -0.05) is 31.2 Å². The lowest BCUT2D eigenvalue weighted by molar-refractivity contribution is 0.0834. The maximum atomic E-state index is 11.9. The summed E-state index contributed by atoms with van der Waals surface area (Å²) in [6.45, 7) is 8.30. The van der Waals surface area contributed by atoms with Crippen LogP contribution in [0.4, 0.5) is 0 Å². The maximum Gasteiger partial charge on any atom is 0.215 e. The minimum Gasteiger partial charge on any atom is -0.377 e. The van der Waals surface area contributed by atoms with E-state index in [1.54, 1.807) is 0 Å². The Kier molecular flexibility index (Phi) is 7.88. The van der Waals surface area contributed by atoms with Gasteiger partial charge in [0.1, 0.15) is 0 Å². The zero-order valence-electron chi connectivity index (χ0n) is 13.1. The van der Waals surface area contributed by atoms with Gasteiger partial charge >= 0.3 is 0 Å². The highest BCUT2D eigenvalue weighted by atomic mass is 32.2. The van der Waals surface area contributed by atoms with E-state index >= 15 is 0 Å². The number of nitrogens with one attached hydrogen (secondary N) is 2. The van der Waals surface area contributed by atoms with E-state index < -0.39 is 10.0 Å². The van der Waals surface area contributed by atoms with Gasteiger partial charge in [0.15, 0.2) is 0 Å². The summed E-state index contributed by atoms with van der Waals surface area (Å²) in [5.74, 6) is -0.00380. The number of sulfonamides is 1. The van der Waals surface area contributed by atoms with Crippen LogP contribution in [0, 0.1) is 0 Å². The van der Waals surface area contributed by atoms with Gasteiger partial charge in [-0.2, -0.15) is 0 Å². The van der Waals surface area contributed by atoms with Crippen LogP contribution >= 0.6 is 0 Å². The highest BCUT2D eigenvalue weighted by Gasteiger charge is 2.11. The van der Waals surface area contributed by atoms with Crippen LogP contribution in [0.25, 0.3) is 0 Å². The van der Waals surface area contributed by atoms with Crippen LogP contribution < -0.4 is 10.0 Å². The Balaban J connectivity index is 2.43. The summed E-state index contributed by atoms with van der Waals surface area (Å²) in [6, 6.07) is 7.62. The Labute approximate surface area is 128 Å². The zero-order valence-corrected chi connectivity index (χ0v) is 13.9. The standard InChI is InChI=1S/C15H26N2O3S/c1-4-16-11-14-5-7-15(8-6-14)12-21(18,19)17-9-10-20-13(2)3/h5-8,13,16-17H,4,9-12H2,1-3H3. The van der Waals surface area contributed by atoms with E-state index in [4.69, 9.17) is 4.74 Å². The predicted molar refractivity (Wildman–Crippen MR) is 85.5 cm³/mol. The molecule has 2 N–H and O–H groups in total. The number of ether oxygens (including phenoxy) is 1. The predicted octanol–water partition coefficient (Wildman–Crippen LogP) is 1.64. The number of benzene rings is 1. The van der Waals surface area contributed by atoms with Crippen LogP contribution in [-0.4, -0.2) is 34.2 Å². The quantitative estimate of drug-likeness (QED) is 0.644. The molecule has 21 heavy (non-hydrogen) atoms. The first-order valence-corrected chi connectivity index (χ1v) is 8.95. The summed E-state index contributed by atoms with van der Waals surface area (Å²) in [4.78, 5) is 0. The summed E-state index contributed by atoms with van der Waals surface area (Å²) in [5.41, 5.74) is 1.93.